The molecule has 0 fully saturated rings. The van der Waals surface area contributed by atoms with Crippen LogP contribution >= 0.6 is 0 Å². The van der Waals surface area contributed by atoms with Crippen LogP contribution in [0.4, 0.5) is 0 Å². The van der Waals surface area contributed by atoms with Gasteiger partial charge in [-0.15, -0.1) is 0 Å². The van der Waals surface area contributed by atoms with E-state index in [-0.39, 0.29) is 0 Å². The lowest BCUT2D eigenvalue weighted by molar-refractivity contribution is 1.04. The summed E-state index contributed by atoms with van der Waals surface area (Å²) in [5, 5.41) is 10.3. The minimum absolute atomic E-state index is 1.21. The molecule has 8 rings (SSSR count). The summed E-state index contributed by atoms with van der Waals surface area (Å²) in [5.74, 6) is 0. The summed E-state index contributed by atoms with van der Waals surface area (Å²) in [6, 6.07) is 40.2. The lowest BCUT2D eigenvalue weighted by atomic mass is 10.0. The van der Waals surface area contributed by atoms with Gasteiger partial charge in [-0.1, -0.05) is 84.9 Å². The van der Waals surface area contributed by atoms with Crippen molar-refractivity contribution >= 4 is 54.1 Å². The van der Waals surface area contributed by atoms with Crippen molar-refractivity contribution < 1.29 is 0 Å². The zero-order chi connectivity index (χ0) is 27.1. The van der Waals surface area contributed by atoms with Crippen LogP contribution in [0.2, 0.25) is 0 Å². The first kappa shape index (κ1) is 23.1. The summed E-state index contributed by atoms with van der Waals surface area (Å²) in [6.07, 6.45) is 0. The van der Waals surface area contributed by atoms with E-state index in [1.807, 2.05) is 0 Å². The smallest absolute Gasteiger partial charge is 0.0613 e. The number of hydrogen-bond donors (Lipinski definition) is 0. The van der Waals surface area contributed by atoms with Crippen LogP contribution in [0.25, 0.3) is 65.5 Å². The van der Waals surface area contributed by atoms with Gasteiger partial charge in [0.25, 0.3) is 0 Å². The maximum absolute atomic E-state index is 2.47. The highest BCUT2D eigenvalue weighted by Crippen LogP contribution is 2.40. The Labute approximate surface area is 233 Å². The monoisotopic (exact) mass is 514 g/mol. The van der Waals surface area contributed by atoms with Gasteiger partial charge in [0.1, 0.15) is 0 Å². The molecule has 192 valence electrons. The van der Waals surface area contributed by atoms with Crippen molar-refractivity contribution in [3.63, 3.8) is 0 Å². The van der Waals surface area contributed by atoms with E-state index in [1.165, 1.54) is 88.0 Å². The second-order valence-corrected chi connectivity index (χ2v) is 11.2. The summed E-state index contributed by atoms with van der Waals surface area (Å²) in [7, 11) is 0. The van der Waals surface area contributed by atoms with Gasteiger partial charge in [-0.05, 0) is 84.6 Å². The predicted octanol–water partition coefficient (Wildman–Crippen LogP) is 10.3. The van der Waals surface area contributed by atoms with Crippen LogP contribution in [-0.4, -0.2) is 9.13 Å². The highest BCUT2D eigenvalue weighted by Gasteiger charge is 2.20. The van der Waals surface area contributed by atoms with Gasteiger partial charge in [0.15, 0.2) is 0 Å². The van der Waals surface area contributed by atoms with E-state index in [0.717, 1.165) is 0 Å². The Morgan fingerprint density at radius 1 is 0.375 bits per heavy atom. The van der Waals surface area contributed by atoms with Gasteiger partial charge in [-0.25, -0.2) is 0 Å². The quantitative estimate of drug-likeness (QED) is 0.217. The average Bonchev–Trinajstić information content (AvgIpc) is 3.41. The van der Waals surface area contributed by atoms with E-state index in [9.17, 15) is 0 Å². The lowest BCUT2D eigenvalue weighted by Gasteiger charge is -2.14. The Morgan fingerprint density at radius 2 is 0.750 bits per heavy atom. The highest BCUT2D eigenvalue weighted by atomic mass is 15.0. The summed E-state index contributed by atoms with van der Waals surface area (Å²) < 4.78 is 4.93. The molecule has 0 N–H and O–H groups in total. The second kappa shape index (κ2) is 8.34. The molecule has 0 unspecified atom stereocenters. The van der Waals surface area contributed by atoms with Crippen LogP contribution in [0.15, 0.2) is 109 Å². The Morgan fingerprint density at radius 3 is 1.18 bits per heavy atom. The lowest BCUT2D eigenvalue weighted by Crippen LogP contribution is -1.99. The average molecular weight is 515 g/mol. The molecule has 2 heteroatoms. The molecule has 0 atom stereocenters. The molecule has 0 aliphatic carbocycles. The molecule has 2 nitrogen and oxygen atoms in total. The van der Waals surface area contributed by atoms with Crippen LogP contribution in [0.3, 0.4) is 0 Å². The Kier molecular flexibility index (Phi) is 4.82. The third-order valence-electron chi connectivity index (χ3n) is 9.14. The molecule has 0 radical (unpaired) electrons. The summed E-state index contributed by atoms with van der Waals surface area (Å²) in [5.41, 5.74) is 10.2. The Hall–Kier alpha value is -4.82. The maximum atomic E-state index is 2.47. The standard InChI is InChI=1S/C38H30N2/c1-23-25(3)39(31-15-13-27-9-5-7-11-29(27)21-31)37-33(23)17-19-36-35(37)20-18-34-24(2)26(4)40(38(34)36)32-16-14-28-10-6-8-12-30(28)22-32/h5-22H,1-4H3. The minimum Gasteiger partial charge on any atom is -0.313 e. The minimum atomic E-state index is 1.21. The molecule has 2 heterocycles. The van der Waals surface area contributed by atoms with Crippen molar-refractivity contribution in [2.75, 3.05) is 0 Å². The van der Waals surface area contributed by atoms with Crippen molar-refractivity contribution in [3.05, 3.63) is 132 Å². The molecule has 6 aromatic carbocycles. The number of aryl methyl sites for hydroxylation is 2. The predicted molar refractivity (Wildman–Crippen MR) is 172 cm³/mol. The molecular formula is C38H30N2. The van der Waals surface area contributed by atoms with E-state index < -0.39 is 0 Å². The van der Waals surface area contributed by atoms with Gasteiger partial charge in [-0.3, -0.25) is 0 Å². The molecule has 0 amide bonds. The van der Waals surface area contributed by atoms with Crippen LogP contribution in [-0.2, 0) is 0 Å². The third kappa shape index (κ3) is 3.11. The van der Waals surface area contributed by atoms with Crippen molar-refractivity contribution in [1.82, 2.24) is 9.13 Å². The summed E-state index contributed by atoms with van der Waals surface area (Å²) >= 11 is 0. The molecule has 0 saturated heterocycles. The molecule has 2 aromatic heterocycles. The zero-order valence-electron chi connectivity index (χ0n) is 23.3. The van der Waals surface area contributed by atoms with Crippen molar-refractivity contribution in [3.8, 4) is 11.4 Å². The SMILES string of the molecule is Cc1c(C)n(-c2ccc3ccccc3c2)c2c1ccc1c2ccc2c(C)c(C)n(-c3ccc4ccccc4c3)c21. The number of rotatable bonds is 2. The van der Waals surface area contributed by atoms with E-state index in [0.29, 0.717) is 0 Å². The van der Waals surface area contributed by atoms with E-state index in [1.54, 1.807) is 0 Å². The first-order chi connectivity index (χ1) is 19.5. The fourth-order valence-electron chi connectivity index (χ4n) is 6.80. The molecule has 0 bridgehead atoms. The van der Waals surface area contributed by atoms with Gasteiger partial charge in [0.2, 0.25) is 0 Å². The van der Waals surface area contributed by atoms with Gasteiger partial charge in [0.05, 0.1) is 11.0 Å². The van der Waals surface area contributed by atoms with Crippen LogP contribution in [0.1, 0.15) is 22.5 Å². The number of nitrogens with zero attached hydrogens (tertiary/aromatic N) is 2. The van der Waals surface area contributed by atoms with E-state index in [4.69, 9.17) is 0 Å². The van der Waals surface area contributed by atoms with Crippen molar-refractivity contribution in [2.24, 2.45) is 0 Å². The van der Waals surface area contributed by atoms with E-state index in [2.05, 4.69) is 146 Å². The summed E-state index contributed by atoms with van der Waals surface area (Å²) in [6.45, 7) is 9.01. The third-order valence-corrected chi connectivity index (χ3v) is 9.14. The van der Waals surface area contributed by atoms with Gasteiger partial charge < -0.3 is 9.13 Å². The molecule has 40 heavy (non-hydrogen) atoms. The molecule has 8 aromatic rings. The Bertz CT molecular complexity index is 2140. The molecule has 0 aliphatic rings. The zero-order valence-corrected chi connectivity index (χ0v) is 23.3. The topological polar surface area (TPSA) is 9.86 Å². The molecular weight excluding hydrogens is 484 g/mol. The van der Waals surface area contributed by atoms with Crippen LogP contribution in [0, 0.1) is 27.7 Å². The maximum Gasteiger partial charge on any atom is 0.0613 e. The number of hydrogen-bond acceptors (Lipinski definition) is 0. The normalized spacial score (nSPS) is 12.0. The fourth-order valence-corrected chi connectivity index (χ4v) is 6.80. The van der Waals surface area contributed by atoms with Gasteiger partial charge >= 0.3 is 0 Å². The molecule has 0 saturated carbocycles. The first-order valence-corrected chi connectivity index (χ1v) is 14.0. The fraction of sp³-hybridized carbons (Fsp3) is 0.105. The molecule has 0 spiro atoms. The van der Waals surface area contributed by atoms with Crippen molar-refractivity contribution in [2.45, 2.75) is 27.7 Å². The van der Waals surface area contributed by atoms with Gasteiger partial charge in [-0.2, -0.15) is 0 Å². The largest absolute Gasteiger partial charge is 0.313 e. The first-order valence-electron chi connectivity index (χ1n) is 14.0. The Balaban J connectivity index is 1.48. The number of benzene rings is 6. The van der Waals surface area contributed by atoms with Gasteiger partial charge in [0, 0.05) is 44.3 Å². The molecule has 0 aliphatic heterocycles. The van der Waals surface area contributed by atoms with Crippen LogP contribution < -0.4 is 0 Å². The second-order valence-electron chi connectivity index (χ2n) is 11.2. The van der Waals surface area contributed by atoms with Crippen LogP contribution in [0.5, 0.6) is 0 Å². The number of fused-ring (bicyclic) bond motifs is 7. The number of aromatic nitrogens is 2. The van der Waals surface area contributed by atoms with Crippen molar-refractivity contribution in [1.29, 1.82) is 0 Å². The van der Waals surface area contributed by atoms with E-state index >= 15 is 0 Å². The highest BCUT2D eigenvalue weighted by molar-refractivity contribution is 6.18. The summed E-state index contributed by atoms with van der Waals surface area (Å²) in [4.78, 5) is 0.